The number of ketones is 1. The summed E-state index contributed by atoms with van der Waals surface area (Å²) in [6.45, 7) is 3.49. The number of hydrogen-bond acceptors (Lipinski definition) is 4. The summed E-state index contributed by atoms with van der Waals surface area (Å²) < 4.78 is 10.6. The molecule has 0 aromatic heterocycles. The number of carbonyl (C=O) groups is 2. The average molecular weight is 278 g/mol. The van der Waals surface area contributed by atoms with Crippen LogP contribution in [0.5, 0.6) is 0 Å². The number of methoxy groups -OCH3 is 1. The predicted octanol–water partition coefficient (Wildman–Crippen LogP) is 3.07. The van der Waals surface area contributed by atoms with Gasteiger partial charge in [-0.3, -0.25) is 4.79 Å². The van der Waals surface area contributed by atoms with E-state index in [9.17, 15) is 9.59 Å². The maximum atomic E-state index is 12.2. The molecule has 0 fully saturated rings. The van der Waals surface area contributed by atoms with Crippen molar-refractivity contribution >= 4 is 11.8 Å². The van der Waals surface area contributed by atoms with E-state index in [1.807, 2.05) is 37.3 Å². The molecule has 20 heavy (non-hydrogen) atoms. The number of carbonyl (C=O) groups excluding carboxylic acids is 2. The van der Waals surface area contributed by atoms with Crippen LogP contribution >= 0.6 is 0 Å². The fourth-order valence-electron chi connectivity index (χ4n) is 2.07. The molecule has 0 aliphatic carbocycles. The molecule has 0 spiro atoms. The van der Waals surface area contributed by atoms with E-state index in [4.69, 9.17) is 9.47 Å². The third kappa shape index (κ3) is 5.13. The van der Waals surface area contributed by atoms with Crippen molar-refractivity contribution in [3.05, 3.63) is 35.9 Å². The minimum Gasteiger partial charge on any atom is -0.460 e. The zero-order valence-electron chi connectivity index (χ0n) is 12.3. The Balaban J connectivity index is 2.73. The van der Waals surface area contributed by atoms with E-state index in [-0.39, 0.29) is 18.3 Å². The van der Waals surface area contributed by atoms with Gasteiger partial charge in [0.15, 0.2) is 6.10 Å². The van der Waals surface area contributed by atoms with Crippen molar-refractivity contribution in [2.24, 2.45) is 0 Å². The third-order valence-corrected chi connectivity index (χ3v) is 2.96. The van der Waals surface area contributed by atoms with Crippen LogP contribution in [0.2, 0.25) is 0 Å². The van der Waals surface area contributed by atoms with Crippen LogP contribution in [0.1, 0.15) is 44.8 Å². The topological polar surface area (TPSA) is 52.6 Å². The lowest BCUT2D eigenvalue weighted by molar-refractivity contribution is -0.162. The van der Waals surface area contributed by atoms with Crippen molar-refractivity contribution in [2.45, 2.75) is 45.3 Å². The number of esters is 1. The molecule has 0 saturated heterocycles. The highest BCUT2D eigenvalue weighted by Crippen LogP contribution is 2.20. The van der Waals surface area contributed by atoms with Crippen LogP contribution in [-0.2, 0) is 19.1 Å². The molecule has 4 nitrogen and oxygen atoms in total. The zero-order valence-corrected chi connectivity index (χ0v) is 12.3. The summed E-state index contributed by atoms with van der Waals surface area (Å²) in [5.41, 5.74) is 0.748. The van der Waals surface area contributed by atoms with Crippen LogP contribution in [0.15, 0.2) is 30.3 Å². The second-order valence-electron chi connectivity index (χ2n) is 4.78. The second-order valence-corrected chi connectivity index (χ2v) is 4.78. The van der Waals surface area contributed by atoms with E-state index >= 15 is 0 Å². The molecule has 2 atom stereocenters. The summed E-state index contributed by atoms with van der Waals surface area (Å²) >= 11 is 0. The minimum atomic E-state index is -0.748. The van der Waals surface area contributed by atoms with Gasteiger partial charge in [-0.05, 0) is 18.9 Å². The molecule has 0 amide bonds. The molecule has 0 radical (unpaired) electrons. The zero-order chi connectivity index (χ0) is 15.0. The Morgan fingerprint density at radius 1 is 1.20 bits per heavy atom. The fraction of sp³-hybridized carbons (Fsp3) is 0.500. The van der Waals surface area contributed by atoms with Gasteiger partial charge in [-0.2, -0.15) is 0 Å². The van der Waals surface area contributed by atoms with Crippen molar-refractivity contribution in [1.82, 2.24) is 0 Å². The monoisotopic (exact) mass is 278 g/mol. The largest absolute Gasteiger partial charge is 0.460 e. The average Bonchev–Trinajstić information content (AvgIpc) is 2.40. The van der Waals surface area contributed by atoms with E-state index in [2.05, 4.69) is 0 Å². The Kier molecular flexibility index (Phi) is 6.94. The molecule has 2 unspecified atom stereocenters. The molecule has 1 aromatic rings. The Morgan fingerprint density at radius 3 is 2.35 bits per heavy atom. The van der Waals surface area contributed by atoms with Crippen LogP contribution in [0.25, 0.3) is 0 Å². The van der Waals surface area contributed by atoms with Crippen LogP contribution < -0.4 is 0 Å². The van der Waals surface area contributed by atoms with Gasteiger partial charge in [0, 0.05) is 13.5 Å². The molecule has 0 bridgehead atoms. The Hall–Kier alpha value is -1.68. The molecule has 1 aromatic carbocycles. The van der Waals surface area contributed by atoms with E-state index in [1.165, 1.54) is 14.0 Å². The molecular weight excluding hydrogens is 256 g/mol. The molecule has 0 saturated carbocycles. The molecular formula is C16H22O4. The van der Waals surface area contributed by atoms with E-state index < -0.39 is 12.1 Å². The summed E-state index contributed by atoms with van der Waals surface area (Å²) in [6.07, 6.45) is 0.670. The Morgan fingerprint density at radius 2 is 1.85 bits per heavy atom. The van der Waals surface area contributed by atoms with Crippen molar-refractivity contribution in [3.8, 4) is 0 Å². The van der Waals surface area contributed by atoms with E-state index in [0.717, 1.165) is 12.0 Å². The van der Waals surface area contributed by atoms with Crippen LogP contribution in [-0.4, -0.2) is 25.0 Å². The number of ether oxygens (including phenoxy) is 2. The molecule has 0 N–H and O–H groups in total. The second kappa shape index (κ2) is 8.48. The van der Waals surface area contributed by atoms with Gasteiger partial charge >= 0.3 is 5.97 Å². The van der Waals surface area contributed by atoms with Gasteiger partial charge < -0.3 is 9.47 Å². The summed E-state index contributed by atoms with van der Waals surface area (Å²) in [5, 5.41) is 0. The first-order valence-electron chi connectivity index (χ1n) is 6.86. The fourth-order valence-corrected chi connectivity index (χ4v) is 2.07. The van der Waals surface area contributed by atoms with Crippen molar-refractivity contribution in [3.63, 3.8) is 0 Å². The van der Waals surface area contributed by atoms with Gasteiger partial charge in [-0.15, -0.1) is 0 Å². The Bertz CT molecular complexity index is 427. The van der Waals surface area contributed by atoms with Crippen LogP contribution in [0, 0.1) is 0 Å². The van der Waals surface area contributed by atoms with Crippen molar-refractivity contribution in [1.29, 1.82) is 0 Å². The molecule has 1 rings (SSSR count). The SMILES string of the molecule is CCCC(CC(C)=O)OC(=O)C(OC)c1ccccc1. The summed E-state index contributed by atoms with van der Waals surface area (Å²) in [6, 6.07) is 9.18. The minimum absolute atomic E-state index is 0.0185. The highest BCUT2D eigenvalue weighted by atomic mass is 16.6. The first-order chi connectivity index (χ1) is 9.58. The normalized spacial score (nSPS) is 13.6. The first kappa shape index (κ1) is 16.4. The highest BCUT2D eigenvalue weighted by Gasteiger charge is 2.25. The molecule has 0 aliphatic heterocycles. The lowest BCUT2D eigenvalue weighted by atomic mass is 10.1. The molecule has 0 aliphatic rings. The van der Waals surface area contributed by atoms with Gasteiger partial charge in [-0.1, -0.05) is 43.7 Å². The van der Waals surface area contributed by atoms with Gasteiger partial charge in [0.1, 0.15) is 11.9 Å². The standard InChI is InChI=1S/C16H22O4/c1-4-8-14(11-12(2)17)20-16(18)15(19-3)13-9-6-5-7-10-13/h5-7,9-10,14-15H,4,8,11H2,1-3H3. The van der Waals surface area contributed by atoms with Crippen LogP contribution in [0.3, 0.4) is 0 Å². The van der Waals surface area contributed by atoms with Gasteiger partial charge in [0.2, 0.25) is 0 Å². The van der Waals surface area contributed by atoms with Crippen molar-refractivity contribution in [2.75, 3.05) is 7.11 Å². The summed E-state index contributed by atoms with van der Waals surface area (Å²) in [7, 11) is 1.47. The number of benzene rings is 1. The van der Waals surface area contributed by atoms with E-state index in [1.54, 1.807) is 0 Å². The number of hydrogen-bond donors (Lipinski definition) is 0. The Labute approximate surface area is 120 Å². The quantitative estimate of drug-likeness (QED) is 0.686. The highest BCUT2D eigenvalue weighted by molar-refractivity contribution is 5.78. The lowest BCUT2D eigenvalue weighted by Crippen LogP contribution is -2.25. The molecule has 0 heterocycles. The predicted molar refractivity (Wildman–Crippen MR) is 76.3 cm³/mol. The maximum Gasteiger partial charge on any atom is 0.340 e. The van der Waals surface area contributed by atoms with Gasteiger partial charge in [0.05, 0.1) is 0 Å². The third-order valence-electron chi connectivity index (χ3n) is 2.96. The van der Waals surface area contributed by atoms with Gasteiger partial charge in [-0.25, -0.2) is 4.79 Å². The lowest BCUT2D eigenvalue weighted by Gasteiger charge is -2.20. The van der Waals surface area contributed by atoms with Crippen LogP contribution in [0.4, 0.5) is 0 Å². The van der Waals surface area contributed by atoms with Gasteiger partial charge in [0.25, 0.3) is 0 Å². The molecule has 4 heteroatoms. The maximum absolute atomic E-state index is 12.2. The first-order valence-corrected chi connectivity index (χ1v) is 6.86. The smallest absolute Gasteiger partial charge is 0.340 e. The van der Waals surface area contributed by atoms with Crippen molar-refractivity contribution < 1.29 is 19.1 Å². The van der Waals surface area contributed by atoms with E-state index in [0.29, 0.717) is 6.42 Å². The number of rotatable bonds is 8. The summed E-state index contributed by atoms with van der Waals surface area (Å²) in [4.78, 5) is 23.4. The molecule has 110 valence electrons. The number of Topliss-reactive ketones (excluding diaryl/α,β-unsaturated/α-hetero) is 1. The summed E-state index contributed by atoms with van der Waals surface area (Å²) in [5.74, 6) is -0.427.